The molecule has 3 heteroatoms. The molecule has 16 heavy (non-hydrogen) atoms. The average Bonchev–Trinajstić information content (AvgIpc) is 2.43. The second-order valence-electron chi connectivity index (χ2n) is 5.36. The molecule has 2 N–H and O–H groups in total. The van der Waals surface area contributed by atoms with Gasteiger partial charge in [-0.05, 0) is 24.2 Å². The molecule has 1 radical (unpaired) electrons. The summed E-state index contributed by atoms with van der Waals surface area (Å²) in [7, 11) is 0. The number of aliphatic hydroxyl groups is 1. The second kappa shape index (κ2) is 7.72. The molecule has 0 aromatic carbocycles. The van der Waals surface area contributed by atoms with E-state index in [0.717, 1.165) is 19.3 Å². The Morgan fingerprint density at radius 3 is 2.00 bits per heavy atom. The molecule has 0 saturated heterocycles. The number of rotatable bonds is 4. The molecule has 0 spiro atoms. The quantitative estimate of drug-likeness (QED) is 0.716. The van der Waals surface area contributed by atoms with E-state index < -0.39 is 0 Å². The van der Waals surface area contributed by atoms with E-state index in [9.17, 15) is 5.11 Å². The molecule has 0 heterocycles. The first kappa shape index (κ1) is 17.4. The summed E-state index contributed by atoms with van der Waals surface area (Å²) in [4.78, 5) is 0. The first-order valence-corrected chi connectivity index (χ1v) is 6.42. The summed E-state index contributed by atoms with van der Waals surface area (Å²) in [6.45, 7) is 8.62. The Balaban J connectivity index is 0.00000225. The molecule has 2 nitrogen and oxygen atoms in total. The van der Waals surface area contributed by atoms with E-state index in [1.54, 1.807) is 0 Å². The van der Waals surface area contributed by atoms with Crippen LogP contribution in [-0.4, -0.2) is 17.3 Å². The number of hydrogen-bond acceptors (Lipinski definition) is 1. The molecule has 1 fully saturated rings. The van der Waals surface area contributed by atoms with Crippen LogP contribution >= 0.6 is 0 Å². The van der Waals surface area contributed by atoms with Gasteiger partial charge >= 0.3 is 0 Å². The van der Waals surface area contributed by atoms with E-state index >= 15 is 0 Å². The summed E-state index contributed by atoms with van der Waals surface area (Å²) in [6, 6.07) is -0.0741. The number of aliphatic hydroxyl groups excluding tert-OH is 1. The molecule has 1 unspecified atom stereocenters. The van der Waals surface area contributed by atoms with Gasteiger partial charge in [-0.2, -0.15) is 0 Å². The molecule has 1 aliphatic carbocycles. The standard InChI is InChI=1S/C13H26NO.Ac/c1-5-10(6-2)12(14)11-8(3)7-9(4)13(11)15;/h8-15H,5-7H2,1-4H3;/q-1;/t8-,9+,11-,12?,13-;/m0./s1. The van der Waals surface area contributed by atoms with Gasteiger partial charge in [0.1, 0.15) is 0 Å². The van der Waals surface area contributed by atoms with Crippen LogP contribution < -0.4 is 0 Å². The third-order valence-electron chi connectivity index (χ3n) is 4.35. The minimum Gasteiger partial charge on any atom is -0.674 e. The van der Waals surface area contributed by atoms with Gasteiger partial charge in [-0.25, -0.2) is 0 Å². The van der Waals surface area contributed by atoms with E-state index in [4.69, 9.17) is 5.73 Å². The van der Waals surface area contributed by atoms with Crippen LogP contribution in [0.1, 0.15) is 47.0 Å². The van der Waals surface area contributed by atoms with Gasteiger partial charge in [0, 0.05) is 44.1 Å². The Labute approximate surface area is 136 Å². The maximum Gasteiger partial charge on any atom is 0.0582 e. The van der Waals surface area contributed by atoms with Gasteiger partial charge in [0.2, 0.25) is 0 Å². The van der Waals surface area contributed by atoms with E-state index in [2.05, 4.69) is 27.7 Å². The Kier molecular flexibility index (Phi) is 8.38. The van der Waals surface area contributed by atoms with E-state index in [0.29, 0.717) is 17.8 Å². The van der Waals surface area contributed by atoms with Gasteiger partial charge in [-0.15, -0.1) is 6.04 Å². The third kappa shape index (κ3) is 3.68. The zero-order valence-electron chi connectivity index (χ0n) is 11.1. The van der Waals surface area contributed by atoms with Gasteiger partial charge in [0.05, 0.1) is 6.10 Å². The molecular weight excluding hydrogens is 413 g/mol. The monoisotopic (exact) mass is 439 g/mol. The summed E-state index contributed by atoms with van der Waals surface area (Å²) < 4.78 is 0. The van der Waals surface area contributed by atoms with Gasteiger partial charge in [-0.1, -0.05) is 46.5 Å². The SMILES string of the molecule is CCC(CC)C([NH-])[C@H]1[C@@H](O)[C@H](C)C[C@@H]1C.[Ac]. The summed E-state index contributed by atoms with van der Waals surface area (Å²) in [6.07, 6.45) is 2.97. The normalized spacial score (nSPS) is 36.2. The van der Waals surface area contributed by atoms with Gasteiger partial charge in [0.25, 0.3) is 0 Å². The van der Waals surface area contributed by atoms with Crippen molar-refractivity contribution in [3.05, 3.63) is 5.73 Å². The van der Waals surface area contributed by atoms with Crippen molar-refractivity contribution in [2.24, 2.45) is 23.7 Å². The maximum absolute atomic E-state index is 10.1. The summed E-state index contributed by atoms with van der Waals surface area (Å²) in [5, 5.41) is 10.1. The maximum atomic E-state index is 10.1. The van der Waals surface area contributed by atoms with Crippen LogP contribution in [0, 0.1) is 67.7 Å². The van der Waals surface area contributed by atoms with E-state index in [1.165, 1.54) is 0 Å². The van der Waals surface area contributed by atoms with Crippen molar-refractivity contribution in [2.45, 2.75) is 59.1 Å². The van der Waals surface area contributed by atoms with Crippen LogP contribution in [0.15, 0.2) is 0 Å². The zero-order valence-corrected chi connectivity index (χ0v) is 15.9. The minimum absolute atomic E-state index is 0. The zero-order chi connectivity index (χ0) is 11.6. The van der Waals surface area contributed by atoms with Gasteiger partial charge < -0.3 is 10.8 Å². The topological polar surface area (TPSA) is 44.0 Å². The van der Waals surface area contributed by atoms with Crippen LogP contribution in [0.25, 0.3) is 5.73 Å². The van der Waals surface area contributed by atoms with Crippen molar-refractivity contribution >= 4 is 0 Å². The average molecular weight is 439 g/mol. The molecule has 1 aliphatic rings. The van der Waals surface area contributed by atoms with Crippen molar-refractivity contribution < 1.29 is 49.2 Å². The minimum atomic E-state index is -0.247. The molecule has 0 aromatic heterocycles. The molecule has 0 aliphatic heterocycles. The molecule has 0 aromatic rings. The van der Waals surface area contributed by atoms with Crippen molar-refractivity contribution in [2.75, 3.05) is 0 Å². The molecule has 1 saturated carbocycles. The van der Waals surface area contributed by atoms with Crippen molar-refractivity contribution in [1.29, 1.82) is 0 Å². The van der Waals surface area contributed by atoms with Crippen LogP contribution in [0.3, 0.4) is 0 Å². The smallest absolute Gasteiger partial charge is 0.0582 e. The molecular formula is C13H26AcNO-. The first-order chi connectivity index (χ1) is 7.02. The Bertz CT molecular complexity index is 196. The molecule has 93 valence electrons. The molecule has 5 atom stereocenters. The van der Waals surface area contributed by atoms with Crippen LogP contribution in [-0.2, 0) is 0 Å². The van der Waals surface area contributed by atoms with Gasteiger partial charge in [0.15, 0.2) is 0 Å². The Morgan fingerprint density at radius 2 is 1.69 bits per heavy atom. The second-order valence-corrected chi connectivity index (χ2v) is 5.36. The van der Waals surface area contributed by atoms with E-state index in [-0.39, 0.29) is 62.1 Å². The first-order valence-electron chi connectivity index (χ1n) is 6.42. The van der Waals surface area contributed by atoms with Crippen LogP contribution in [0.5, 0.6) is 0 Å². The molecule has 1 rings (SSSR count). The third-order valence-corrected chi connectivity index (χ3v) is 4.35. The van der Waals surface area contributed by atoms with Crippen molar-refractivity contribution in [3.63, 3.8) is 0 Å². The Morgan fingerprint density at radius 1 is 1.19 bits per heavy atom. The molecule has 0 amide bonds. The van der Waals surface area contributed by atoms with Crippen molar-refractivity contribution in [1.82, 2.24) is 0 Å². The molecule has 0 bridgehead atoms. The Hall–Kier alpha value is 1.36. The summed E-state index contributed by atoms with van der Waals surface area (Å²) in [5.41, 5.74) is 8.32. The summed E-state index contributed by atoms with van der Waals surface area (Å²) in [5.74, 6) is 1.55. The predicted molar refractivity (Wildman–Crippen MR) is 64.6 cm³/mol. The fourth-order valence-electron chi connectivity index (χ4n) is 3.28. The van der Waals surface area contributed by atoms with Crippen LogP contribution in [0.2, 0.25) is 0 Å². The summed E-state index contributed by atoms with van der Waals surface area (Å²) >= 11 is 0. The fraction of sp³-hybridized carbons (Fsp3) is 1.00. The van der Waals surface area contributed by atoms with Crippen molar-refractivity contribution in [3.8, 4) is 0 Å². The van der Waals surface area contributed by atoms with E-state index in [1.807, 2.05) is 0 Å². The number of hydrogen-bond donors (Lipinski definition) is 1. The number of nitrogens with one attached hydrogen (secondary N) is 1. The predicted octanol–water partition coefficient (Wildman–Crippen LogP) is 3.50. The van der Waals surface area contributed by atoms with Crippen LogP contribution in [0.4, 0.5) is 0 Å². The fourth-order valence-corrected chi connectivity index (χ4v) is 3.28. The van der Waals surface area contributed by atoms with Gasteiger partial charge in [-0.3, -0.25) is 0 Å². The largest absolute Gasteiger partial charge is 0.674 e.